The van der Waals surface area contributed by atoms with E-state index in [0.29, 0.717) is 18.9 Å². The fourth-order valence-electron chi connectivity index (χ4n) is 5.00. The van der Waals surface area contributed by atoms with Crippen LogP contribution in [0.3, 0.4) is 0 Å². The molecule has 0 aromatic heterocycles. The van der Waals surface area contributed by atoms with Gasteiger partial charge in [-0.25, -0.2) is 13.1 Å². The van der Waals surface area contributed by atoms with Crippen molar-refractivity contribution in [3.8, 4) is 0 Å². The third-order valence-corrected chi connectivity index (χ3v) is 8.18. The number of nitrogens with one attached hydrogen (secondary N) is 2. The van der Waals surface area contributed by atoms with E-state index >= 15 is 0 Å². The summed E-state index contributed by atoms with van der Waals surface area (Å²) in [4.78, 5) is 22.8. The lowest BCUT2D eigenvalue weighted by Gasteiger charge is -2.28. The van der Waals surface area contributed by atoms with Gasteiger partial charge in [0.25, 0.3) is 0 Å². The van der Waals surface area contributed by atoms with E-state index in [0.717, 1.165) is 70.6 Å². The maximum atomic E-state index is 12.2. The van der Waals surface area contributed by atoms with Crippen LogP contribution in [0.15, 0.2) is 0 Å². The first kappa shape index (κ1) is 27.1. The molecule has 0 spiro atoms. The highest BCUT2D eigenvalue weighted by molar-refractivity contribution is 7.89. The Morgan fingerprint density at radius 3 is 2.31 bits per heavy atom. The third kappa shape index (κ3) is 9.75. The Morgan fingerprint density at radius 1 is 0.938 bits per heavy atom. The highest BCUT2D eigenvalue weighted by Crippen LogP contribution is 2.45. The molecule has 0 saturated carbocycles. The Morgan fingerprint density at radius 2 is 1.59 bits per heavy atom. The Balaban J connectivity index is 1.65. The Bertz CT molecular complexity index is 684. The van der Waals surface area contributed by atoms with Crippen LogP contribution in [-0.2, 0) is 24.3 Å². The largest absolute Gasteiger partial charge is 0.481 e. The molecule has 4 unspecified atom stereocenters. The van der Waals surface area contributed by atoms with E-state index in [1.807, 2.05) is 0 Å². The van der Waals surface area contributed by atoms with Gasteiger partial charge < -0.3 is 15.2 Å². The van der Waals surface area contributed by atoms with Crippen LogP contribution in [0.2, 0.25) is 0 Å². The number of sulfonamides is 1. The summed E-state index contributed by atoms with van der Waals surface area (Å²) < 4.78 is 32.6. The summed E-state index contributed by atoms with van der Waals surface area (Å²) in [5, 5.41) is 11.6. The van der Waals surface area contributed by atoms with Gasteiger partial charge in [-0.05, 0) is 38.0 Å². The molecule has 2 fully saturated rings. The summed E-state index contributed by atoms with van der Waals surface area (Å²) in [7, 11) is -3.42. The zero-order valence-corrected chi connectivity index (χ0v) is 20.3. The molecule has 2 aliphatic rings. The van der Waals surface area contributed by atoms with Gasteiger partial charge in [0.2, 0.25) is 15.9 Å². The molecule has 2 bridgehead atoms. The van der Waals surface area contributed by atoms with Gasteiger partial charge in [-0.15, -0.1) is 0 Å². The SMILES string of the molecule is CCCCCCCS(=O)(=O)NCC(=O)NCC1C2CCC(O2)C1CCCCCCC(=O)O. The van der Waals surface area contributed by atoms with Gasteiger partial charge in [0.15, 0.2) is 0 Å². The first-order valence-electron chi connectivity index (χ1n) is 12.4. The molecule has 1 amide bonds. The highest BCUT2D eigenvalue weighted by Gasteiger charge is 2.48. The second-order valence-corrected chi connectivity index (χ2v) is 11.2. The molecule has 2 heterocycles. The van der Waals surface area contributed by atoms with Gasteiger partial charge in [-0.2, -0.15) is 0 Å². The number of carboxylic acid groups (broad SMARTS) is 1. The molecule has 2 aliphatic heterocycles. The normalized spacial score (nSPS) is 24.7. The molecule has 186 valence electrons. The molecule has 8 nitrogen and oxygen atoms in total. The predicted octanol–water partition coefficient (Wildman–Crippen LogP) is 3.21. The number of fused-ring (bicyclic) bond motifs is 2. The first-order chi connectivity index (χ1) is 15.3. The van der Waals surface area contributed by atoms with Crippen LogP contribution in [0, 0.1) is 11.8 Å². The molecular weight excluding hydrogens is 432 g/mol. The van der Waals surface area contributed by atoms with Crippen LogP contribution in [0.1, 0.15) is 90.4 Å². The number of carboxylic acids is 1. The molecule has 2 rings (SSSR count). The minimum atomic E-state index is -3.42. The monoisotopic (exact) mass is 474 g/mol. The van der Waals surface area contributed by atoms with Gasteiger partial charge in [-0.3, -0.25) is 9.59 Å². The van der Waals surface area contributed by atoms with E-state index in [-0.39, 0.29) is 42.8 Å². The standard InChI is InChI=1S/C23H42N2O6S/c1-2-3-4-7-10-15-32(29,30)25-17-22(26)24-16-19-18(20-13-14-21(19)31-20)11-8-5-6-9-12-23(27)28/h18-21,25H,2-17H2,1H3,(H,24,26)(H,27,28). The van der Waals surface area contributed by atoms with Crippen molar-refractivity contribution in [2.45, 2.75) is 103 Å². The minimum absolute atomic E-state index is 0.0682. The summed E-state index contributed by atoms with van der Waals surface area (Å²) in [5.41, 5.74) is 0. The van der Waals surface area contributed by atoms with Crippen molar-refractivity contribution in [3.05, 3.63) is 0 Å². The zero-order chi connectivity index (χ0) is 23.4. The van der Waals surface area contributed by atoms with E-state index in [1.54, 1.807) is 0 Å². The van der Waals surface area contributed by atoms with Gasteiger partial charge in [-0.1, -0.05) is 51.9 Å². The van der Waals surface area contributed by atoms with Crippen LogP contribution < -0.4 is 10.0 Å². The second kappa shape index (κ2) is 14.2. The smallest absolute Gasteiger partial charge is 0.303 e. The van der Waals surface area contributed by atoms with E-state index < -0.39 is 16.0 Å². The van der Waals surface area contributed by atoms with E-state index in [1.165, 1.54) is 0 Å². The number of ether oxygens (including phenoxy) is 1. The second-order valence-electron chi connectivity index (χ2n) is 9.32. The molecule has 0 radical (unpaired) electrons. The Labute approximate surface area is 193 Å². The van der Waals surface area contributed by atoms with Crippen LogP contribution in [0.25, 0.3) is 0 Å². The molecular formula is C23H42N2O6S. The molecule has 9 heteroatoms. The summed E-state index contributed by atoms with van der Waals surface area (Å²) in [6, 6.07) is 0. The van der Waals surface area contributed by atoms with Crippen LogP contribution in [0.5, 0.6) is 0 Å². The number of rotatable bonds is 18. The van der Waals surface area contributed by atoms with Gasteiger partial charge in [0.05, 0.1) is 24.5 Å². The molecule has 4 atom stereocenters. The van der Waals surface area contributed by atoms with Gasteiger partial charge in [0.1, 0.15) is 0 Å². The van der Waals surface area contributed by atoms with Crippen molar-refractivity contribution in [2.75, 3.05) is 18.8 Å². The summed E-state index contributed by atoms with van der Waals surface area (Å²) >= 11 is 0. The maximum Gasteiger partial charge on any atom is 0.303 e. The Kier molecular flexibility index (Phi) is 12.0. The van der Waals surface area contributed by atoms with E-state index in [4.69, 9.17) is 9.84 Å². The van der Waals surface area contributed by atoms with Crippen molar-refractivity contribution in [2.24, 2.45) is 11.8 Å². The maximum absolute atomic E-state index is 12.2. The Hall–Kier alpha value is -1.19. The lowest BCUT2D eigenvalue weighted by molar-refractivity contribution is -0.137. The van der Waals surface area contributed by atoms with Crippen molar-refractivity contribution in [3.63, 3.8) is 0 Å². The van der Waals surface area contributed by atoms with Crippen molar-refractivity contribution in [1.82, 2.24) is 10.0 Å². The minimum Gasteiger partial charge on any atom is -0.481 e. The number of hydrogen-bond acceptors (Lipinski definition) is 5. The van der Waals surface area contributed by atoms with Gasteiger partial charge >= 0.3 is 5.97 Å². The number of hydrogen-bond donors (Lipinski definition) is 3. The lowest BCUT2D eigenvalue weighted by Crippen LogP contribution is -2.42. The number of carbonyl (C=O) groups excluding carboxylic acids is 1. The zero-order valence-electron chi connectivity index (χ0n) is 19.5. The quantitative estimate of drug-likeness (QED) is 0.262. The predicted molar refractivity (Wildman–Crippen MR) is 124 cm³/mol. The highest BCUT2D eigenvalue weighted by atomic mass is 32.2. The number of carbonyl (C=O) groups is 2. The molecule has 32 heavy (non-hydrogen) atoms. The lowest BCUT2D eigenvalue weighted by atomic mass is 9.76. The molecule has 3 N–H and O–H groups in total. The molecule has 0 aliphatic carbocycles. The molecule has 2 saturated heterocycles. The number of amides is 1. The van der Waals surface area contributed by atoms with E-state index in [2.05, 4.69) is 17.0 Å². The fraction of sp³-hybridized carbons (Fsp3) is 0.913. The fourth-order valence-corrected chi connectivity index (χ4v) is 6.08. The average Bonchev–Trinajstić information content (AvgIpc) is 3.35. The van der Waals surface area contributed by atoms with Crippen LogP contribution in [-0.4, -0.2) is 56.5 Å². The van der Waals surface area contributed by atoms with E-state index in [9.17, 15) is 18.0 Å². The number of aliphatic carboxylic acids is 1. The summed E-state index contributed by atoms with van der Waals surface area (Å²) in [5.74, 6) is -0.287. The molecule has 0 aromatic carbocycles. The van der Waals surface area contributed by atoms with Gasteiger partial charge in [0, 0.05) is 18.9 Å². The van der Waals surface area contributed by atoms with Crippen LogP contribution in [0.4, 0.5) is 0 Å². The van der Waals surface area contributed by atoms with Crippen molar-refractivity contribution in [1.29, 1.82) is 0 Å². The van der Waals surface area contributed by atoms with Crippen molar-refractivity contribution < 1.29 is 27.9 Å². The number of unbranched alkanes of at least 4 members (excludes halogenated alkanes) is 7. The average molecular weight is 475 g/mol. The van der Waals surface area contributed by atoms with Crippen LogP contribution >= 0.6 is 0 Å². The first-order valence-corrected chi connectivity index (χ1v) is 14.1. The molecule has 0 aromatic rings. The summed E-state index contributed by atoms with van der Waals surface area (Å²) in [6.07, 6.45) is 12.3. The summed E-state index contributed by atoms with van der Waals surface area (Å²) in [6.45, 7) is 2.42. The van der Waals surface area contributed by atoms with Crippen molar-refractivity contribution >= 4 is 21.9 Å². The third-order valence-electron chi connectivity index (χ3n) is 6.77. The topological polar surface area (TPSA) is 122 Å².